The normalized spacial score (nSPS) is 11.8. The highest BCUT2D eigenvalue weighted by molar-refractivity contribution is 5.92. The molecule has 0 N–H and O–H groups in total. The third kappa shape index (κ3) is 16.1. The van der Waals surface area contributed by atoms with Crippen LogP contribution in [0.2, 0.25) is 0 Å². The first-order valence-electron chi connectivity index (χ1n) is 17.1. The Bertz CT molecular complexity index is 964. The second-order valence-corrected chi connectivity index (χ2v) is 12.1. The van der Waals surface area contributed by atoms with E-state index in [0.717, 1.165) is 12.8 Å². The second kappa shape index (κ2) is 22.9. The number of unbranched alkanes of at least 4 members (excludes halogenated alkanes) is 16. The van der Waals surface area contributed by atoms with Gasteiger partial charge in [0.25, 0.3) is 0 Å². The minimum atomic E-state index is -0.397. The van der Waals surface area contributed by atoms with E-state index in [0.29, 0.717) is 29.4 Å². The van der Waals surface area contributed by atoms with Crippen LogP contribution >= 0.6 is 0 Å². The van der Waals surface area contributed by atoms with Gasteiger partial charge in [-0.1, -0.05) is 142 Å². The van der Waals surface area contributed by atoms with E-state index in [9.17, 15) is 9.59 Å². The van der Waals surface area contributed by atoms with Crippen LogP contribution in [-0.2, 0) is 11.2 Å². The number of hydrogen-bond donors (Lipinski definition) is 0. The molecule has 234 valence electrons. The fourth-order valence-corrected chi connectivity index (χ4v) is 5.11. The molecule has 2 rings (SSSR count). The molecule has 0 saturated heterocycles. The predicted octanol–water partition coefficient (Wildman–Crippen LogP) is 11.3. The van der Waals surface area contributed by atoms with Crippen LogP contribution in [-0.4, -0.2) is 18.5 Å². The van der Waals surface area contributed by atoms with Crippen LogP contribution < -0.4 is 4.74 Å². The van der Waals surface area contributed by atoms with E-state index in [4.69, 9.17) is 9.47 Å². The number of benzene rings is 2. The number of carbonyl (C=O) groups excluding carboxylic acids is 2. The lowest BCUT2D eigenvalue weighted by Crippen LogP contribution is -2.12. The zero-order valence-electron chi connectivity index (χ0n) is 27.0. The maximum atomic E-state index is 12.6. The van der Waals surface area contributed by atoms with Crippen molar-refractivity contribution in [1.82, 2.24) is 0 Å². The van der Waals surface area contributed by atoms with Gasteiger partial charge in [-0.3, -0.25) is 0 Å². The SMILES string of the molecule is CCCCCCCCCCCCCCCCCCCc1ccc(C(=O)Oc2ccc(C(=O)OCC(C)CC)cc2)cc1. The molecular formula is C38H58O4. The molecule has 1 unspecified atom stereocenters. The molecule has 0 radical (unpaired) electrons. The standard InChI is InChI=1S/C38H58O4/c1-4-6-7-8-9-10-11-12-13-14-15-16-17-18-19-20-21-22-33-23-25-35(26-24-33)38(40)42-36-29-27-34(28-30-36)37(39)41-31-32(3)5-2/h23-30,32H,4-22,31H2,1-3H3. The molecule has 4 nitrogen and oxygen atoms in total. The van der Waals surface area contributed by atoms with E-state index in [2.05, 4.69) is 13.8 Å². The van der Waals surface area contributed by atoms with Crippen molar-refractivity contribution in [3.63, 3.8) is 0 Å². The monoisotopic (exact) mass is 578 g/mol. The molecule has 0 fully saturated rings. The zero-order chi connectivity index (χ0) is 30.3. The van der Waals surface area contributed by atoms with Gasteiger partial charge in [0.05, 0.1) is 17.7 Å². The minimum Gasteiger partial charge on any atom is -0.462 e. The molecule has 0 aromatic heterocycles. The van der Waals surface area contributed by atoms with Crippen molar-refractivity contribution in [2.24, 2.45) is 5.92 Å². The van der Waals surface area contributed by atoms with Gasteiger partial charge in [0.15, 0.2) is 0 Å². The van der Waals surface area contributed by atoms with Crippen LogP contribution in [0.15, 0.2) is 48.5 Å². The molecule has 4 heteroatoms. The molecule has 0 spiro atoms. The molecule has 1 atom stereocenters. The first kappa shape index (κ1) is 35.6. The Balaban J connectivity index is 1.50. The molecule has 0 heterocycles. The van der Waals surface area contributed by atoms with E-state index in [1.54, 1.807) is 24.3 Å². The summed E-state index contributed by atoms with van der Waals surface area (Å²) in [5.41, 5.74) is 2.23. The van der Waals surface area contributed by atoms with Crippen molar-refractivity contribution >= 4 is 11.9 Å². The van der Waals surface area contributed by atoms with Crippen LogP contribution in [0.5, 0.6) is 5.75 Å². The Hall–Kier alpha value is -2.62. The summed E-state index contributed by atoms with van der Waals surface area (Å²) in [6.45, 7) is 6.80. The molecule has 2 aromatic rings. The Morgan fingerprint density at radius 1 is 0.571 bits per heavy atom. The number of carbonyl (C=O) groups is 2. The second-order valence-electron chi connectivity index (χ2n) is 12.1. The Morgan fingerprint density at radius 2 is 1.00 bits per heavy atom. The Labute approximate surface area is 257 Å². The summed E-state index contributed by atoms with van der Waals surface area (Å²) in [6, 6.07) is 14.2. The van der Waals surface area contributed by atoms with Crippen LogP contribution in [0.25, 0.3) is 0 Å². The highest BCUT2D eigenvalue weighted by atomic mass is 16.5. The van der Waals surface area contributed by atoms with Crippen LogP contribution in [0.1, 0.15) is 163 Å². The van der Waals surface area contributed by atoms with Gasteiger partial charge in [-0.2, -0.15) is 0 Å². The zero-order valence-corrected chi connectivity index (χ0v) is 27.0. The van der Waals surface area contributed by atoms with E-state index in [-0.39, 0.29) is 5.97 Å². The van der Waals surface area contributed by atoms with Crippen molar-refractivity contribution in [2.75, 3.05) is 6.61 Å². The van der Waals surface area contributed by atoms with Gasteiger partial charge in [0.2, 0.25) is 0 Å². The number of rotatable bonds is 24. The fourth-order valence-electron chi connectivity index (χ4n) is 5.11. The lowest BCUT2D eigenvalue weighted by atomic mass is 10.0. The number of esters is 2. The van der Waals surface area contributed by atoms with Gasteiger partial charge >= 0.3 is 11.9 Å². The smallest absolute Gasteiger partial charge is 0.343 e. The quantitative estimate of drug-likeness (QED) is 0.0706. The van der Waals surface area contributed by atoms with E-state index in [1.165, 1.54) is 115 Å². The van der Waals surface area contributed by atoms with Crippen molar-refractivity contribution in [3.8, 4) is 5.75 Å². The first-order valence-corrected chi connectivity index (χ1v) is 17.1. The van der Waals surface area contributed by atoms with Gasteiger partial charge in [0, 0.05) is 0 Å². The number of ether oxygens (including phenoxy) is 2. The lowest BCUT2D eigenvalue weighted by molar-refractivity contribution is 0.0447. The van der Waals surface area contributed by atoms with E-state index < -0.39 is 5.97 Å². The molecule has 0 aliphatic carbocycles. The van der Waals surface area contributed by atoms with Crippen molar-refractivity contribution in [3.05, 3.63) is 65.2 Å². The highest BCUT2D eigenvalue weighted by Gasteiger charge is 2.12. The molecule has 2 aromatic carbocycles. The summed E-state index contributed by atoms with van der Waals surface area (Å²) in [7, 11) is 0. The molecule has 0 aliphatic rings. The third-order valence-electron chi connectivity index (χ3n) is 8.26. The van der Waals surface area contributed by atoms with Gasteiger partial charge in [-0.25, -0.2) is 9.59 Å². The van der Waals surface area contributed by atoms with Gasteiger partial charge in [0.1, 0.15) is 5.75 Å². The van der Waals surface area contributed by atoms with Gasteiger partial charge in [-0.15, -0.1) is 0 Å². The third-order valence-corrected chi connectivity index (χ3v) is 8.26. The maximum Gasteiger partial charge on any atom is 0.343 e. The fraction of sp³-hybridized carbons (Fsp3) is 0.632. The van der Waals surface area contributed by atoms with Crippen LogP contribution in [0.4, 0.5) is 0 Å². The summed E-state index contributed by atoms with van der Waals surface area (Å²) in [5.74, 6) is -0.0137. The van der Waals surface area contributed by atoms with E-state index in [1.807, 2.05) is 31.2 Å². The summed E-state index contributed by atoms with van der Waals surface area (Å²) >= 11 is 0. The minimum absolute atomic E-state index is 0.333. The van der Waals surface area contributed by atoms with Crippen molar-refractivity contribution < 1.29 is 19.1 Å². The summed E-state index contributed by atoms with van der Waals surface area (Å²) in [4.78, 5) is 24.7. The van der Waals surface area contributed by atoms with Crippen LogP contribution in [0.3, 0.4) is 0 Å². The topological polar surface area (TPSA) is 52.6 Å². The molecular weight excluding hydrogens is 520 g/mol. The molecule has 0 saturated carbocycles. The first-order chi connectivity index (χ1) is 20.5. The predicted molar refractivity (Wildman–Crippen MR) is 175 cm³/mol. The molecule has 0 bridgehead atoms. The Morgan fingerprint density at radius 3 is 1.48 bits per heavy atom. The number of hydrogen-bond acceptors (Lipinski definition) is 4. The average Bonchev–Trinajstić information content (AvgIpc) is 3.01. The van der Waals surface area contributed by atoms with Crippen molar-refractivity contribution in [2.45, 2.75) is 143 Å². The van der Waals surface area contributed by atoms with Crippen molar-refractivity contribution in [1.29, 1.82) is 0 Å². The largest absolute Gasteiger partial charge is 0.462 e. The molecule has 42 heavy (non-hydrogen) atoms. The Kier molecular flexibility index (Phi) is 19.4. The summed E-state index contributed by atoms with van der Waals surface area (Å²) in [6.07, 6.45) is 25.5. The van der Waals surface area contributed by atoms with Gasteiger partial charge < -0.3 is 9.47 Å². The number of aryl methyl sites for hydroxylation is 1. The molecule has 0 aliphatic heterocycles. The summed E-state index contributed by atoms with van der Waals surface area (Å²) < 4.78 is 10.8. The van der Waals surface area contributed by atoms with Crippen LogP contribution in [0, 0.1) is 5.92 Å². The lowest BCUT2D eigenvalue weighted by Gasteiger charge is -2.10. The summed E-state index contributed by atoms with van der Waals surface area (Å²) in [5, 5.41) is 0. The maximum absolute atomic E-state index is 12.6. The highest BCUT2D eigenvalue weighted by Crippen LogP contribution is 2.18. The molecule has 0 amide bonds. The van der Waals surface area contributed by atoms with E-state index >= 15 is 0 Å². The average molecular weight is 579 g/mol. The van der Waals surface area contributed by atoms with Gasteiger partial charge in [-0.05, 0) is 60.7 Å².